The van der Waals surface area contributed by atoms with Crippen LogP contribution in [0.25, 0.3) is 0 Å². The number of ether oxygens (including phenoxy) is 3. The van der Waals surface area contributed by atoms with Crippen molar-refractivity contribution >= 4 is 5.97 Å². The molecule has 1 heterocycles. The summed E-state index contributed by atoms with van der Waals surface area (Å²) < 4.78 is 58.3. The van der Waals surface area contributed by atoms with Gasteiger partial charge in [-0.05, 0) is 60.1 Å². The molecule has 9 heteroatoms. The standard InChI is InChI=1S/C34H39F3N2O4/c1-4-41-34(40)32(43-26-11-7-23(8-12-26)21(2)3)15-22-5-9-25(10-6-22)42-14-13-38-33-27-18-39(19-28(27)33)20-29-30(36)16-24(35)17-31(29)37/h5-12,16-17,21,27-28,32-33,38H,4,13-15,18-20H2,1-3H3/t27-,28+,32-,33?/m0/s1. The van der Waals surface area contributed by atoms with E-state index < -0.39 is 29.5 Å². The summed E-state index contributed by atoms with van der Waals surface area (Å²) in [4.78, 5) is 14.6. The van der Waals surface area contributed by atoms with Crippen LogP contribution < -0.4 is 14.8 Å². The van der Waals surface area contributed by atoms with E-state index in [1.54, 1.807) is 6.92 Å². The fourth-order valence-corrected chi connectivity index (χ4v) is 5.83. The molecular formula is C34H39F3N2O4. The van der Waals surface area contributed by atoms with E-state index in [-0.39, 0.29) is 18.7 Å². The van der Waals surface area contributed by atoms with Crippen LogP contribution in [-0.2, 0) is 22.5 Å². The molecule has 0 amide bonds. The highest BCUT2D eigenvalue weighted by molar-refractivity contribution is 5.75. The minimum absolute atomic E-state index is 0.0769. The molecule has 43 heavy (non-hydrogen) atoms. The van der Waals surface area contributed by atoms with Gasteiger partial charge in [0.1, 0.15) is 35.6 Å². The molecule has 0 aromatic heterocycles. The maximum absolute atomic E-state index is 14.0. The summed E-state index contributed by atoms with van der Waals surface area (Å²) in [5.74, 6) is -0.331. The quantitative estimate of drug-likeness (QED) is 0.185. The Morgan fingerprint density at radius 2 is 1.58 bits per heavy atom. The highest BCUT2D eigenvalue weighted by atomic mass is 19.1. The summed E-state index contributed by atoms with van der Waals surface area (Å²) in [6.45, 7) is 9.13. The lowest BCUT2D eigenvalue weighted by molar-refractivity contribution is -0.151. The average molecular weight is 597 g/mol. The van der Waals surface area contributed by atoms with E-state index in [4.69, 9.17) is 14.2 Å². The van der Waals surface area contributed by atoms with Crippen molar-refractivity contribution in [2.45, 2.75) is 51.8 Å². The first-order chi connectivity index (χ1) is 20.7. The van der Waals surface area contributed by atoms with Crippen molar-refractivity contribution in [2.24, 2.45) is 11.8 Å². The molecule has 2 aliphatic rings. The fraction of sp³-hybridized carbons (Fsp3) is 0.441. The maximum atomic E-state index is 14.0. The van der Waals surface area contributed by atoms with Crippen molar-refractivity contribution in [1.82, 2.24) is 10.2 Å². The Morgan fingerprint density at radius 1 is 0.953 bits per heavy atom. The maximum Gasteiger partial charge on any atom is 0.347 e. The van der Waals surface area contributed by atoms with Gasteiger partial charge in [0.25, 0.3) is 0 Å². The molecule has 1 saturated carbocycles. The van der Waals surface area contributed by atoms with E-state index >= 15 is 0 Å². The normalized spacial score (nSPS) is 20.1. The molecule has 1 N–H and O–H groups in total. The summed E-state index contributed by atoms with van der Waals surface area (Å²) in [5.41, 5.74) is 2.05. The number of nitrogens with one attached hydrogen (secondary N) is 1. The fourth-order valence-electron chi connectivity index (χ4n) is 5.83. The van der Waals surface area contributed by atoms with E-state index in [1.807, 2.05) is 53.4 Å². The Labute approximate surface area is 251 Å². The van der Waals surface area contributed by atoms with Crippen molar-refractivity contribution in [3.8, 4) is 11.5 Å². The van der Waals surface area contributed by atoms with Crippen LogP contribution in [0.1, 0.15) is 43.4 Å². The number of hydrogen-bond acceptors (Lipinski definition) is 6. The lowest BCUT2D eigenvalue weighted by Gasteiger charge is -2.20. The van der Waals surface area contributed by atoms with Gasteiger partial charge in [-0.3, -0.25) is 4.90 Å². The van der Waals surface area contributed by atoms with Gasteiger partial charge in [-0.1, -0.05) is 38.1 Å². The third kappa shape index (κ3) is 7.89. The first-order valence-corrected chi connectivity index (χ1v) is 15.0. The summed E-state index contributed by atoms with van der Waals surface area (Å²) in [6, 6.07) is 17.2. The Bertz CT molecular complexity index is 1350. The number of carbonyl (C=O) groups is 1. The molecule has 1 unspecified atom stereocenters. The zero-order chi connectivity index (χ0) is 30.5. The Hall–Kier alpha value is -3.56. The predicted octanol–water partition coefficient (Wildman–Crippen LogP) is 5.88. The van der Waals surface area contributed by atoms with Gasteiger partial charge >= 0.3 is 5.97 Å². The Morgan fingerprint density at radius 3 is 2.19 bits per heavy atom. The molecule has 3 aromatic carbocycles. The molecule has 6 nitrogen and oxygen atoms in total. The van der Waals surface area contributed by atoms with Crippen LogP contribution in [0.5, 0.6) is 11.5 Å². The van der Waals surface area contributed by atoms with E-state index in [1.165, 1.54) is 5.56 Å². The first-order valence-electron chi connectivity index (χ1n) is 15.0. The number of hydrogen-bond donors (Lipinski definition) is 1. The van der Waals surface area contributed by atoms with Crippen molar-refractivity contribution in [2.75, 3.05) is 32.8 Å². The smallest absolute Gasteiger partial charge is 0.347 e. The first kappa shape index (κ1) is 30.9. The lowest BCUT2D eigenvalue weighted by atomic mass is 10.0. The number of halogens is 3. The minimum atomic E-state index is -0.901. The monoisotopic (exact) mass is 596 g/mol. The highest BCUT2D eigenvalue weighted by Crippen LogP contribution is 2.46. The number of esters is 1. The SMILES string of the molecule is CCOC(=O)[C@H](Cc1ccc(OCCNC2[C@H]3CN(Cc4c(F)cc(F)cc4F)C[C@@H]23)cc1)Oc1ccc(C(C)C)cc1. The van der Waals surface area contributed by atoms with E-state index in [9.17, 15) is 18.0 Å². The second-order valence-electron chi connectivity index (χ2n) is 11.6. The topological polar surface area (TPSA) is 60.0 Å². The van der Waals surface area contributed by atoms with Crippen molar-refractivity contribution in [3.63, 3.8) is 0 Å². The number of carbonyl (C=O) groups excluding carboxylic acids is 1. The average Bonchev–Trinajstić information content (AvgIpc) is 3.42. The third-order valence-corrected chi connectivity index (χ3v) is 8.23. The molecule has 1 saturated heterocycles. The molecule has 2 fully saturated rings. The van der Waals surface area contributed by atoms with Gasteiger partial charge in [0, 0.05) is 56.3 Å². The number of benzene rings is 3. The van der Waals surface area contributed by atoms with Crippen LogP contribution in [0, 0.1) is 29.3 Å². The summed E-state index contributed by atoms with van der Waals surface area (Å²) in [6.07, 6.45) is -0.391. The zero-order valence-corrected chi connectivity index (χ0v) is 24.8. The van der Waals surface area contributed by atoms with Crippen molar-refractivity contribution < 1.29 is 32.2 Å². The van der Waals surface area contributed by atoms with Gasteiger partial charge in [-0.15, -0.1) is 0 Å². The minimum Gasteiger partial charge on any atom is -0.492 e. The van der Waals surface area contributed by atoms with E-state index in [2.05, 4.69) is 19.2 Å². The second kappa shape index (κ2) is 13.8. The van der Waals surface area contributed by atoms with Crippen LogP contribution >= 0.6 is 0 Å². The van der Waals surface area contributed by atoms with Crippen LogP contribution in [-0.4, -0.2) is 55.9 Å². The van der Waals surface area contributed by atoms with Gasteiger partial charge in [-0.2, -0.15) is 0 Å². The molecule has 1 aliphatic heterocycles. The van der Waals surface area contributed by atoms with Gasteiger partial charge in [-0.25, -0.2) is 18.0 Å². The summed E-state index contributed by atoms with van der Waals surface area (Å²) in [7, 11) is 0. The molecular weight excluding hydrogens is 557 g/mol. The van der Waals surface area contributed by atoms with Gasteiger partial charge < -0.3 is 19.5 Å². The molecule has 0 radical (unpaired) electrons. The van der Waals surface area contributed by atoms with Crippen LogP contribution in [0.3, 0.4) is 0 Å². The van der Waals surface area contributed by atoms with Crippen molar-refractivity contribution in [1.29, 1.82) is 0 Å². The Balaban J connectivity index is 1.04. The van der Waals surface area contributed by atoms with Crippen LogP contribution in [0.2, 0.25) is 0 Å². The van der Waals surface area contributed by atoms with E-state index in [0.29, 0.717) is 49.1 Å². The second-order valence-corrected chi connectivity index (χ2v) is 11.6. The number of rotatable bonds is 14. The zero-order valence-electron chi connectivity index (χ0n) is 24.8. The molecule has 1 aliphatic carbocycles. The van der Waals surface area contributed by atoms with Crippen LogP contribution in [0.4, 0.5) is 13.2 Å². The Kier molecular flexibility index (Phi) is 9.93. The largest absolute Gasteiger partial charge is 0.492 e. The summed E-state index contributed by atoms with van der Waals surface area (Å²) >= 11 is 0. The lowest BCUT2D eigenvalue weighted by Crippen LogP contribution is -2.33. The summed E-state index contributed by atoms with van der Waals surface area (Å²) in [5, 5.41) is 3.52. The molecule has 230 valence electrons. The number of fused-ring (bicyclic) bond motifs is 1. The molecule has 5 rings (SSSR count). The molecule has 3 aromatic rings. The van der Waals surface area contributed by atoms with Crippen molar-refractivity contribution in [3.05, 3.63) is 94.8 Å². The van der Waals surface area contributed by atoms with E-state index in [0.717, 1.165) is 36.5 Å². The molecule has 4 atom stereocenters. The van der Waals surface area contributed by atoms with Gasteiger partial charge in [0.2, 0.25) is 0 Å². The predicted molar refractivity (Wildman–Crippen MR) is 158 cm³/mol. The third-order valence-electron chi connectivity index (χ3n) is 8.23. The number of nitrogens with zero attached hydrogens (tertiary/aromatic N) is 1. The molecule has 0 bridgehead atoms. The van der Waals surface area contributed by atoms with Gasteiger partial charge in [0.15, 0.2) is 6.10 Å². The number of likely N-dealkylation sites (tertiary alicyclic amines) is 1. The van der Waals surface area contributed by atoms with Gasteiger partial charge in [0.05, 0.1) is 6.61 Å². The molecule has 0 spiro atoms. The highest BCUT2D eigenvalue weighted by Gasteiger charge is 2.55. The van der Waals surface area contributed by atoms with Crippen LogP contribution in [0.15, 0.2) is 60.7 Å². The number of piperidine rings is 1.